The number of hydrogen-bond donors (Lipinski definition) is 3. The maximum atomic E-state index is 12.2. The Labute approximate surface area is 126 Å². The Bertz CT molecular complexity index is 501. The lowest BCUT2D eigenvalue weighted by Gasteiger charge is -2.20. The average Bonchev–Trinajstić information content (AvgIpc) is 2.45. The van der Waals surface area contributed by atoms with Crippen LogP contribution in [0.4, 0.5) is 0 Å². The van der Waals surface area contributed by atoms with Gasteiger partial charge in [-0.1, -0.05) is 51.4 Å². The molecule has 0 aliphatic carbocycles. The Balaban J connectivity index is 2.83. The maximum Gasteiger partial charge on any atom is 0.251 e. The van der Waals surface area contributed by atoms with E-state index in [2.05, 4.69) is 31.2 Å². The standard InChI is InChI=1S/C16H25N3O2/c1-5-6-13(14(17)19-21)18-15(20)11-7-9-12(10-8-11)16(2,3)4/h7-10,13,21H,5-6H2,1-4H3,(H2,17,19)(H,18,20). The van der Waals surface area contributed by atoms with Crippen LogP contribution in [0.25, 0.3) is 0 Å². The molecule has 0 aliphatic heterocycles. The maximum absolute atomic E-state index is 12.2. The van der Waals surface area contributed by atoms with E-state index in [9.17, 15) is 4.79 Å². The van der Waals surface area contributed by atoms with E-state index in [1.807, 2.05) is 19.1 Å². The van der Waals surface area contributed by atoms with Gasteiger partial charge in [0, 0.05) is 5.56 Å². The zero-order valence-corrected chi connectivity index (χ0v) is 13.2. The molecule has 0 aliphatic rings. The van der Waals surface area contributed by atoms with Crippen LogP contribution in [-0.2, 0) is 5.41 Å². The normalized spacial score (nSPS) is 13.8. The van der Waals surface area contributed by atoms with E-state index in [1.165, 1.54) is 5.56 Å². The summed E-state index contributed by atoms with van der Waals surface area (Å²) in [7, 11) is 0. The van der Waals surface area contributed by atoms with E-state index in [0.717, 1.165) is 6.42 Å². The van der Waals surface area contributed by atoms with Gasteiger partial charge in [-0.05, 0) is 29.5 Å². The monoisotopic (exact) mass is 291 g/mol. The van der Waals surface area contributed by atoms with Crippen LogP contribution in [0, 0.1) is 0 Å². The molecule has 1 amide bonds. The first kappa shape index (κ1) is 17.0. The summed E-state index contributed by atoms with van der Waals surface area (Å²) in [6.07, 6.45) is 1.45. The van der Waals surface area contributed by atoms with Crippen LogP contribution in [0.5, 0.6) is 0 Å². The molecule has 1 aromatic rings. The highest BCUT2D eigenvalue weighted by Crippen LogP contribution is 2.22. The van der Waals surface area contributed by atoms with Crippen LogP contribution in [0.2, 0.25) is 0 Å². The first-order chi connectivity index (χ1) is 9.79. The van der Waals surface area contributed by atoms with Gasteiger partial charge in [-0.2, -0.15) is 0 Å². The molecule has 4 N–H and O–H groups in total. The molecule has 0 heterocycles. The van der Waals surface area contributed by atoms with E-state index >= 15 is 0 Å². The van der Waals surface area contributed by atoms with E-state index in [1.54, 1.807) is 12.1 Å². The third-order valence-electron chi connectivity index (χ3n) is 3.37. The zero-order chi connectivity index (χ0) is 16.0. The highest BCUT2D eigenvalue weighted by molar-refractivity contribution is 5.98. The summed E-state index contributed by atoms with van der Waals surface area (Å²) >= 11 is 0. The third-order valence-corrected chi connectivity index (χ3v) is 3.37. The smallest absolute Gasteiger partial charge is 0.251 e. The van der Waals surface area contributed by atoms with E-state index in [4.69, 9.17) is 10.9 Å². The van der Waals surface area contributed by atoms with Crippen molar-refractivity contribution in [3.8, 4) is 0 Å². The largest absolute Gasteiger partial charge is 0.409 e. The Morgan fingerprint density at radius 2 is 1.90 bits per heavy atom. The van der Waals surface area contributed by atoms with Gasteiger partial charge >= 0.3 is 0 Å². The van der Waals surface area contributed by atoms with Crippen molar-refractivity contribution >= 4 is 11.7 Å². The van der Waals surface area contributed by atoms with Gasteiger partial charge in [0.1, 0.15) is 0 Å². The number of rotatable bonds is 5. The Hall–Kier alpha value is -2.04. The topological polar surface area (TPSA) is 87.7 Å². The van der Waals surface area contributed by atoms with Crippen LogP contribution in [0.1, 0.15) is 56.5 Å². The molecule has 0 fully saturated rings. The van der Waals surface area contributed by atoms with E-state index in [-0.39, 0.29) is 17.2 Å². The molecular formula is C16H25N3O2. The Morgan fingerprint density at radius 3 is 2.33 bits per heavy atom. The second-order valence-corrected chi connectivity index (χ2v) is 6.17. The molecule has 0 saturated heterocycles. The average molecular weight is 291 g/mol. The number of benzene rings is 1. The first-order valence-electron chi connectivity index (χ1n) is 7.18. The van der Waals surface area contributed by atoms with Crippen LogP contribution < -0.4 is 11.1 Å². The Kier molecular flexibility index (Phi) is 5.76. The molecule has 0 radical (unpaired) electrons. The number of nitrogens with two attached hydrogens (primary N) is 1. The van der Waals surface area contributed by atoms with Gasteiger partial charge in [0.2, 0.25) is 0 Å². The minimum absolute atomic E-state index is 0.0245. The van der Waals surface area contributed by atoms with Gasteiger partial charge < -0.3 is 16.3 Å². The van der Waals surface area contributed by atoms with Crippen LogP contribution in [-0.4, -0.2) is 23.0 Å². The quantitative estimate of drug-likeness (QED) is 0.337. The van der Waals surface area contributed by atoms with Crippen molar-refractivity contribution < 1.29 is 10.0 Å². The number of carbonyl (C=O) groups is 1. The number of nitrogens with one attached hydrogen (secondary N) is 1. The summed E-state index contributed by atoms with van der Waals surface area (Å²) in [5.41, 5.74) is 7.38. The zero-order valence-electron chi connectivity index (χ0n) is 13.2. The van der Waals surface area contributed by atoms with E-state index in [0.29, 0.717) is 12.0 Å². The lowest BCUT2D eigenvalue weighted by molar-refractivity contribution is 0.0945. The van der Waals surface area contributed by atoms with Gasteiger partial charge in [0.05, 0.1) is 6.04 Å². The van der Waals surface area contributed by atoms with Crippen molar-refractivity contribution in [1.29, 1.82) is 0 Å². The number of carbonyl (C=O) groups excluding carboxylic acids is 1. The lowest BCUT2D eigenvalue weighted by Crippen LogP contribution is -2.44. The molecule has 116 valence electrons. The molecule has 1 aromatic carbocycles. The van der Waals surface area contributed by atoms with Gasteiger partial charge in [0.15, 0.2) is 5.84 Å². The van der Waals surface area contributed by atoms with Crippen molar-refractivity contribution in [2.45, 2.75) is 52.0 Å². The van der Waals surface area contributed by atoms with Crippen molar-refractivity contribution in [1.82, 2.24) is 5.32 Å². The van der Waals surface area contributed by atoms with Gasteiger partial charge in [-0.3, -0.25) is 4.79 Å². The summed E-state index contributed by atoms with van der Waals surface area (Å²) < 4.78 is 0. The summed E-state index contributed by atoms with van der Waals surface area (Å²) in [6.45, 7) is 8.34. The molecule has 0 saturated carbocycles. The number of amidine groups is 1. The molecular weight excluding hydrogens is 266 g/mol. The molecule has 1 unspecified atom stereocenters. The second kappa shape index (κ2) is 7.11. The summed E-state index contributed by atoms with van der Waals surface area (Å²) in [6, 6.07) is 7.05. The van der Waals surface area contributed by atoms with E-state index < -0.39 is 6.04 Å². The fraction of sp³-hybridized carbons (Fsp3) is 0.500. The first-order valence-corrected chi connectivity index (χ1v) is 7.18. The van der Waals surface area contributed by atoms with Crippen LogP contribution in [0.15, 0.2) is 29.4 Å². The SMILES string of the molecule is CCCC(NC(=O)c1ccc(C(C)(C)C)cc1)/C(N)=N/O. The highest BCUT2D eigenvalue weighted by Gasteiger charge is 2.18. The van der Waals surface area contributed by atoms with Crippen LogP contribution >= 0.6 is 0 Å². The van der Waals surface area contributed by atoms with Crippen LogP contribution in [0.3, 0.4) is 0 Å². The highest BCUT2D eigenvalue weighted by atomic mass is 16.4. The minimum atomic E-state index is -0.449. The molecule has 5 nitrogen and oxygen atoms in total. The van der Waals surface area contributed by atoms with Gasteiger partial charge in [-0.25, -0.2) is 0 Å². The molecule has 21 heavy (non-hydrogen) atoms. The molecule has 0 bridgehead atoms. The van der Waals surface area contributed by atoms with Crippen molar-refractivity contribution in [2.24, 2.45) is 10.9 Å². The van der Waals surface area contributed by atoms with Gasteiger partial charge in [-0.15, -0.1) is 0 Å². The minimum Gasteiger partial charge on any atom is -0.409 e. The number of oxime groups is 1. The number of amides is 1. The summed E-state index contributed by atoms with van der Waals surface area (Å²) in [4.78, 5) is 12.2. The van der Waals surface area contributed by atoms with Crippen molar-refractivity contribution in [3.05, 3.63) is 35.4 Å². The molecule has 0 aromatic heterocycles. The van der Waals surface area contributed by atoms with Crippen molar-refractivity contribution in [3.63, 3.8) is 0 Å². The third kappa shape index (κ3) is 4.77. The summed E-state index contributed by atoms with van der Waals surface area (Å²) in [5, 5.41) is 14.5. The van der Waals surface area contributed by atoms with Gasteiger partial charge in [0.25, 0.3) is 5.91 Å². The molecule has 1 atom stereocenters. The fourth-order valence-electron chi connectivity index (χ4n) is 2.02. The second-order valence-electron chi connectivity index (χ2n) is 6.17. The predicted molar refractivity (Wildman–Crippen MR) is 84.7 cm³/mol. The summed E-state index contributed by atoms with van der Waals surface area (Å²) in [5.74, 6) is -0.197. The van der Waals surface area contributed by atoms with Crippen molar-refractivity contribution in [2.75, 3.05) is 0 Å². The predicted octanol–water partition coefficient (Wildman–Crippen LogP) is 2.63. The molecule has 0 spiro atoms. The molecule has 5 heteroatoms. The number of nitrogens with zero attached hydrogens (tertiary/aromatic N) is 1. The Morgan fingerprint density at radius 1 is 1.33 bits per heavy atom. The fourth-order valence-corrected chi connectivity index (χ4v) is 2.02. The number of hydrogen-bond acceptors (Lipinski definition) is 3. The molecule has 1 rings (SSSR count). The lowest BCUT2D eigenvalue weighted by atomic mass is 9.86.